The third kappa shape index (κ3) is 4.13. The van der Waals surface area contributed by atoms with Crippen LogP contribution in [0.1, 0.15) is 24.5 Å². The van der Waals surface area contributed by atoms with Crippen molar-refractivity contribution in [3.63, 3.8) is 0 Å². The number of aromatic nitrogens is 2. The lowest BCUT2D eigenvalue weighted by Gasteiger charge is -2.23. The van der Waals surface area contributed by atoms with E-state index in [1.54, 1.807) is 24.8 Å². The molecule has 1 fully saturated rings. The molecule has 1 aliphatic carbocycles. The molecule has 5 heteroatoms. The average Bonchev–Trinajstić information content (AvgIpc) is 3.35. The maximum absolute atomic E-state index is 12.8. The highest BCUT2D eigenvalue weighted by molar-refractivity contribution is 5.82. The molecule has 3 rings (SSSR count). The molecule has 2 aromatic rings. The van der Waals surface area contributed by atoms with Gasteiger partial charge in [-0.25, -0.2) is 0 Å². The molecule has 5 nitrogen and oxygen atoms in total. The largest absolute Gasteiger partial charge is 0.378 e. The predicted molar refractivity (Wildman–Crippen MR) is 86.2 cm³/mol. The minimum Gasteiger partial charge on any atom is -0.378 e. The molecular weight excluding hydrogens is 290 g/mol. The lowest BCUT2D eigenvalue weighted by Crippen LogP contribution is -2.32. The molecule has 2 heterocycles. The Labute approximate surface area is 136 Å². The van der Waals surface area contributed by atoms with Gasteiger partial charge in [0.25, 0.3) is 0 Å². The first-order valence-electron chi connectivity index (χ1n) is 7.96. The van der Waals surface area contributed by atoms with E-state index in [-0.39, 0.29) is 17.9 Å². The van der Waals surface area contributed by atoms with Crippen LogP contribution in [0.2, 0.25) is 0 Å². The average molecular weight is 311 g/mol. The highest BCUT2D eigenvalue weighted by atomic mass is 16.5. The van der Waals surface area contributed by atoms with Crippen LogP contribution in [-0.2, 0) is 22.6 Å². The molecular formula is C18H21N3O2. The van der Waals surface area contributed by atoms with E-state index < -0.39 is 0 Å². The van der Waals surface area contributed by atoms with Gasteiger partial charge in [-0.3, -0.25) is 14.8 Å². The van der Waals surface area contributed by atoms with Crippen molar-refractivity contribution in [1.29, 1.82) is 0 Å². The molecule has 2 atom stereocenters. The summed E-state index contributed by atoms with van der Waals surface area (Å²) >= 11 is 0. The SMILES string of the molecule is CCO[C@@H]1C[C@@H]1C(=O)N(Cc1ccncc1)Cc1cccnc1. The van der Waals surface area contributed by atoms with Gasteiger partial charge in [0.05, 0.1) is 12.0 Å². The van der Waals surface area contributed by atoms with E-state index in [1.807, 2.05) is 36.1 Å². The van der Waals surface area contributed by atoms with Crippen LogP contribution in [0, 0.1) is 5.92 Å². The highest BCUT2D eigenvalue weighted by Gasteiger charge is 2.45. The summed E-state index contributed by atoms with van der Waals surface area (Å²) in [7, 11) is 0. The summed E-state index contributed by atoms with van der Waals surface area (Å²) in [6, 6.07) is 7.77. The first-order chi connectivity index (χ1) is 11.3. The van der Waals surface area contributed by atoms with Gasteiger partial charge in [-0.15, -0.1) is 0 Å². The number of hydrogen-bond acceptors (Lipinski definition) is 4. The molecule has 1 aliphatic rings. The van der Waals surface area contributed by atoms with Gasteiger partial charge in [0, 0.05) is 44.5 Å². The second kappa shape index (κ2) is 7.33. The van der Waals surface area contributed by atoms with Crippen molar-refractivity contribution in [3.05, 3.63) is 60.2 Å². The Kier molecular flexibility index (Phi) is 4.98. The zero-order valence-corrected chi connectivity index (χ0v) is 13.3. The molecule has 0 aliphatic heterocycles. The van der Waals surface area contributed by atoms with Crippen LogP contribution in [0.5, 0.6) is 0 Å². The van der Waals surface area contributed by atoms with E-state index in [9.17, 15) is 4.79 Å². The van der Waals surface area contributed by atoms with Crippen LogP contribution in [0.4, 0.5) is 0 Å². The Balaban J connectivity index is 1.72. The molecule has 0 spiro atoms. The molecule has 23 heavy (non-hydrogen) atoms. The van der Waals surface area contributed by atoms with Crippen molar-refractivity contribution in [1.82, 2.24) is 14.9 Å². The van der Waals surface area contributed by atoms with Crippen molar-refractivity contribution >= 4 is 5.91 Å². The normalized spacial score (nSPS) is 19.3. The number of ether oxygens (including phenoxy) is 1. The Morgan fingerprint density at radius 3 is 2.65 bits per heavy atom. The van der Waals surface area contributed by atoms with E-state index in [4.69, 9.17) is 4.74 Å². The van der Waals surface area contributed by atoms with Gasteiger partial charge < -0.3 is 9.64 Å². The first kappa shape index (κ1) is 15.6. The molecule has 0 N–H and O–H groups in total. The molecule has 0 bridgehead atoms. The number of nitrogens with zero attached hydrogens (tertiary/aromatic N) is 3. The maximum atomic E-state index is 12.8. The molecule has 0 unspecified atom stereocenters. The Bertz CT molecular complexity index is 592. The van der Waals surface area contributed by atoms with Crippen molar-refractivity contribution < 1.29 is 9.53 Å². The minimum absolute atomic E-state index is 0.00606. The molecule has 0 radical (unpaired) electrons. The second-order valence-electron chi connectivity index (χ2n) is 5.75. The fourth-order valence-corrected chi connectivity index (χ4v) is 2.70. The standard InChI is InChI=1S/C18H21N3O2/c1-2-23-17-10-16(17)18(22)21(12-14-5-8-19-9-6-14)13-15-4-3-7-20-11-15/h3-9,11,16-17H,2,10,12-13H2,1H3/t16-,17+/m0/s1. The van der Waals surface area contributed by atoms with Crippen LogP contribution in [-0.4, -0.2) is 33.5 Å². The number of carbonyl (C=O) groups excluding carboxylic acids is 1. The summed E-state index contributed by atoms with van der Waals surface area (Å²) in [4.78, 5) is 22.9. The molecule has 1 amide bonds. The van der Waals surface area contributed by atoms with Gasteiger partial charge in [0.15, 0.2) is 0 Å². The van der Waals surface area contributed by atoms with Crippen LogP contribution in [0.15, 0.2) is 49.1 Å². The molecule has 120 valence electrons. The van der Waals surface area contributed by atoms with Gasteiger partial charge in [-0.2, -0.15) is 0 Å². The van der Waals surface area contributed by atoms with Crippen molar-refractivity contribution in [3.8, 4) is 0 Å². The summed E-state index contributed by atoms with van der Waals surface area (Å²) in [6.07, 6.45) is 7.96. The van der Waals surface area contributed by atoms with Gasteiger partial charge in [-0.1, -0.05) is 6.07 Å². The Morgan fingerprint density at radius 2 is 1.96 bits per heavy atom. The fraction of sp³-hybridized carbons (Fsp3) is 0.389. The lowest BCUT2D eigenvalue weighted by atomic mass is 10.2. The van der Waals surface area contributed by atoms with Crippen LogP contribution >= 0.6 is 0 Å². The van der Waals surface area contributed by atoms with Gasteiger partial charge in [-0.05, 0) is 42.7 Å². The quantitative estimate of drug-likeness (QED) is 0.788. The van der Waals surface area contributed by atoms with E-state index in [2.05, 4.69) is 9.97 Å². The van der Waals surface area contributed by atoms with E-state index in [0.29, 0.717) is 19.7 Å². The second-order valence-corrected chi connectivity index (χ2v) is 5.75. The van der Waals surface area contributed by atoms with Crippen molar-refractivity contribution in [2.75, 3.05) is 6.61 Å². The van der Waals surface area contributed by atoms with Gasteiger partial charge in [0.2, 0.25) is 5.91 Å². The lowest BCUT2D eigenvalue weighted by molar-refractivity contribution is -0.134. The summed E-state index contributed by atoms with van der Waals surface area (Å²) in [6.45, 7) is 3.75. The molecule has 1 saturated carbocycles. The Morgan fingerprint density at radius 1 is 1.17 bits per heavy atom. The molecule has 0 saturated heterocycles. The van der Waals surface area contributed by atoms with Crippen LogP contribution < -0.4 is 0 Å². The molecule has 2 aromatic heterocycles. The fourth-order valence-electron chi connectivity index (χ4n) is 2.70. The van der Waals surface area contributed by atoms with Crippen LogP contribution in [0.3, 0.4) is 0 Å². The van der Waals surface area contributed by atoms with Crippen molar-refractivity contribution in [2.24, 2.45) is 5.92 Å². The zero-order chi connectivity index (χ0) is 16.1. The zero-order valence-electron chi connectivity index (χ0n) is 13.3. The number of carbonyl (C=O) groups is 1. The van der Waals surface area contributed by atoms with E-state index in [0.717, 1.165) is 17.5 Å². The third-order valence-electron chi connectivity index (χ3n) is 3.96. The summed E-state index contributed by atoms with van der Waals surface area (Å²) < 4.78 is 5.57. The topological polar surface area (TPSA) is 55.3 Å². The van der Waals surface area contributed by atoms with Gasteiger partial charge >= 0.3 is 0 Å². The van der Waals surface area contributed by atoms with E-state index in [1.165, 1.54) is 0 Å². The number of amides is 1. The number of hydrogen-bond donors (Lipinski definition) is 0. The van der Waals surface area contributed by atoms with Crippen molar-refractivity contribution in [2.45, 2.75) is 32.5 Å². The summed E-state index contributed by atoms with van der Waals surface area (Å²) in [5.74, 6) is 0.151. The number of rotatable bonds is 7. The molecule has 0 aromatic carbocycles. The smallest absolute Gasteiger partial charge is 0.229 e. The summed E-state index contributed by atoms with van der Waals surface area (Å²) in [5, 5.41) is 0. The first-order valence-corrected chi connectivity index (χ1v) is 7.96. The monoisotopic (exact) mass is 311 g/mol. The number of pyridine rings is 2. The van der Waals surface area contributed by atoms with Gasteiger partial charge in [0.1, 0.15) is 0 Å². The minimum atomic E-state index is -0.00606. The van der Waals surface area contributed by atoms with E-state index >= 15 is 0 Å². The maximum Gasteiger partial charge on any atom is 0.229 e. The third-order valence-corrected chi connectivity index (χ3v) is 3.96. The highest BCUT2D eigenvalue weighted by Crippen LogP contribution is 2.36. The summed E-state index contributed by atoms with van der Waals surface area (Å²) in [5.41, 5.74) is 2.11. The van der Waals surface area contributed by atoms with Crippen LogP contribution in [0.25, 0.3) is 0 Å². The Hall–Kier alpha value is -2.27. The predicted octanol–water partition coefficient (Wildman–Crippen LogP) is 2.43.